The summed E-state index contributed by atoms with van der Waals surface area (Å²) in [4.78, 5) is 57.4. The van der Waals surface area contributed by atoms with Crippen LogP contribution >= 0.6 is 11.8 Å². The third kappa shape index (κ3) is 5.94. The van der Waals surface area contributed by atoms with Crippen LogP contribution in [0, 0.1) is 5.92 Å². The van der Waals surface area contributed by atoms with Gasteiger partial charge in [-0.3, -0.25) is 9.59 Å². The van der Waals surface area contributed by atoms with Gasteiger partial charge in [-0.05, 0) is 61.4 Å². The molecule has 0 saturated heterocycles. The van der Waals surface area contributed by atoms with E-state index in [1.165, 1.54) is 0 Å². The Bertz CT molecular complexity index is 1770. The first-order valence-electron chi connectivity index (χ1n) is 15.5. The minimum Gasteiger partial charge on any atom is -0.457 e. The van der Waals surface area contributed by atoms with Crippen LogP contribution in [0.1, 0.15) is 82.6 Å². The highest BCUT2D eigenvalue weighted by Crippen LogP contribution is 2.42. The number of thioether (sulfide) groups is 1. The van der Waals surface area contributed by atoms with E-state index in [0.717, 1.165) is 29.4 Å². The number of rotatable bonds is 9. The molecule has 1 fully saturated rings. The number of hydrogen-bond acceptors (Lipinski definition) is 10. The van der Waals surface area contributed by atoms with Crippen molar-refractivity contribution in [3.63, 3.8) is 0 Å². The van der Waals surface area contributed by atoms with Crippen LogP contribution in [0.4, 0.5) is 4.79 Å². The Hall–Kier alpha value is -3.86. The van der Waals surface area contributed by atoms with Gasteiger partial charge in [-0.25, -0.2) is 14.6 Å². The van der Waals surface area contributed by atoms with Crippen molar-refractivity contribution in [3.05, 3.63) is 56.9 Å². The molecule has 2 aliphatic heterocycles. The molecule has 11 heteroatoms. The third-order valence-electron chi connectivity index (χ3n) is 8.58. The Morgan fingerprint density at radius 3 is 2.60 bits per heavy atom. The van der Waals surface area contributed by atoms with E-state index in [1.807, 2.05) is 19.1 Å². The molecule has 238 valence electrons. The number of carbonyl (C=O) groups is 3. The molecular formula is C34H38N2O8S. The molecule has 10 nitrogen and oxygen atoms in total. The number of nitrogens with zero attached hydrogens (tertiary/aromatic N) is 2. The Labute approximate surface area is 265 Å². The summed E-state index contributed by atoms with van der Waals surface area (Å²) in [6.07, 6.45) is 2.27. The molecular weight excluding hydrogens is 596 g/mol. The monoisotopic (exact) mass is 634 g/mol. The fourth-order valence-corrected chi connectivity index (χ4v) is 6.92. The Kier molecular flexibility index (Phi) is 8.18. The molecule has 1 aromatic carbocycles. The molecule has 0 bridgehead atoms. The van der Waals surface area contributed by atoms with Crippen LogP contribution < -0.4 is 10.3 Å². The number of aryl methyl sites for hydroxylation is 1. The molecule has 2 aromatic heterocycles. The lowest BCUT2D eigenvalue weighted by molar-refractivity contribution is -0.175. The fourth-order valence-electron chi connectivity index (χ4n) is 6.14. The summed E-state index contributed by atoms with van der Waals surface area (Å²) in [5.41, 5.74) is 2.14. The molecule has 3 aliphatic rings. The van der Waals surface area contributed by atoms with Gasteiger partial charge in [0.15, 0.2) is 0 Å². The summed E-state index contributed by atoms with van der Waals surface area (Å²) in [6, 6.07) is 7.13. The van der Waals surface area contributed by atoms with E-state index in [9.17, 15) is 19.2 Å². The molecule has 0 amide bonds. The summed E-state index contributed by atoms with van der Waals surface area (Å²) in [7, 11) is 0. The second kappa shape index (κ2) is 11.8. The smallest absolute Gasteiger partial charge is 0.457 e. The third-order valence-corrected chi connectivity index (χ3v) is 9.82. The van der Waals surface area contributed by atoms with Gasteiger partial charge in [0.05, 0.1) is 29.0 Å². The van der Waals surface area contributed by atoms with Gasteiger partial charge in [0, 0.05) is 33.4 Å². The average molecular weight is 635 g/mol. The van der Waals surface area contributed by atoms with Crippen LogP contribution in [-0.4, -0.2) is 44.8 Å². The van der Waals surface area contributed by atoms with E-state index >= 15 is 0 Å². The molecule has 0 radical (unpaired) electrons. The highest BCUT2D eigenvalue weighted by Gasteiger charge is 2.51. The summed E-state index contributed by atoms with van der Waals surface area (Å²) >= 11 is 1.64. The number of esters is 2. The van der Waals surface area contributed by atoms with Gasteiger partial charge in [-0.15, -0.1) is 0 Å². The van der Waals surface area contributed by atoms with Crippen LogP contribution in [0.2, 0.25) is 0 Å². The quantitative estimate of drug-likeness (QED) is 0.122. The number of fused-ring (bicyclic) bond motifs is 5. The van der Waals surface area contributed by atoms with E-state index in [1.54, 1.807) is 35.4 Å². The SMILES string of the molecule is CCc1c2c(nc3ccc(OC(=O)CC4CC4)cc13)-c1cc3c(c(=O)n1C2)COC(=O)[C@@]3(CC)OC(=O)OCCSC(C)(C)C. The van der Waals surface area contributed by atoms with E-state index < -0.39 is 17.7 Å². The summed E-state index contributed by atoms with van der Waals surface area (Å²) in [6.45, 7) is 10.1. The summed E-state index contributed by atoms with van der Waals surface area (Å²) in [5, 5.41) is 0.857. The molecule has 1 aliphatic carbocycles. The minimum atomic E-state index is -1.83. The van der Waals surface area contributed by atoms with Gasteiger partial charge in [0.2, 0.25) is 5.60 Å². The van der Waals surface area contributed by atoms with Gasteiger partial charge in [-0.1, -0.05) is 34.6 Å². The molecule has 1 atom stereocenters. The zero-order valence-corrected chi connectivity index (χ0v) is 27.1. The molecule has 3 aromatic rings. The van der Waals surface area contributed by atoms with Crippen molar-refractivity contribution in [2.75, 3.05) is 12.4 Å². The van der Waals surface area contributed by atoms with E-state index in [0.29, 0.717) is 52.7 Å². The van der Waals surface area contributed by atoms with Crippen molar-refractivity contribution >= 4 is 40.8 Å². The zero-order chi connectivity index (χ0) is 32.1. The number of carbonyl (C=O) groups excluding carboxylic acids is 3. The maximum absolute atomic E-state index is 13.9. The number of ether oxygens (including phenoxy) is 4. The fraction of sp³-hybridized carbons (Fsp3) is 0.500. The van der Waals surface area contributed by atoms with Crippen LogP contribution in [-0.2, 0) is 49.0 Å². The standard InChI is InChI=1S/C34H38N2O8S/c1-6-21-22-15-20(43-28(37)14-19-8-9-19)10-11-26(22)35-29-23(21)17-36-27(29)16-25-24(30(36)38)18-42-31(39)34(25,7-2)44-32(40)41-12-13-45-33(3,4)5/h10-11,15-16,19H,6-9,12-14,17-18H2,1-5H3/t34-/m0/s1. The first-order valence-corrected chi connectivity index (χ1v) is 16.5. The molecule has 0 N–H and O–H groups in total. The first kappa shape index (κ1) is 31.1. The van der Waals surface area contributed by atoms with Crippen molar-refractivity contribution in [2.45, 2.75) is 90.2 Å². The topological polar surface area (TPSA) is 123 Å². The van der Waals surface area contributed by atoms with Gasteiger partial charge in [0.25, 0.3) is 5.56 Å². The van der Waals surface area contributed by atoms with E-state index in [-0.39, 0.29) is 48.0 Å². The first-order chi connectivity index (χ1) is 21.4. The van der Waals surface area contributed by atoms with Gasteiger partial charge < -0.3 is 23.5 Å². The normalized spacial score (nSPS) is 18.6. The Morgan fingerprint density at radius 2 is 1.91 bits per heavy atom. The maximum Gasteiger partial charge on any atom is 0.509 e. The minimum absolute atomic E-state index is 0.00450. The number of aromatic nitrogens is 2. The average Bonchev–Trinajstić information content (AvgIpc) is 3.73. The number of pyridine rings is 2. The predicted molar refractivity (Wildman–Crippen MR) is 169 cm³/mol. The van der Waals surface area contributed by atoms with Crippen LogP contribution in [0.5, 0.6) is 5.75 Å². The van der Waals surface area contributed by atoms with Crippen molar-refractivity contribution in [1.82, 2.24) is 9.55 Å². The summed E-state index contributed by atoms with van der Waals surface area (Å²) < 4.78 is 23.8. The molecule has 4 heterocycles. The lowest BCUT2D eigenvalue weighted by Crippen LogP contribution is -2.47. The van der Waals surface area contributed by atoms with E-state index in [2.05, 4.69) is 20.8 Å². The molecule has 45 heavy (non-hydrogen) atoms. The summed E-state index contributed by atoms with van der Waals surface area (Å²) in [5.74, 6) is 0.480. The second-order valence-electron chi connectivity index (χ2n) is 12.8. The highest BCUT2D eigenvalue weighted by molar-refractivity contribution is 8.00. The molecule has 0 unspecified atom stereocenters. The molecule has 6 rings (SSSR count). The largest absolute Gasteiger partial charge is 0.509 e. The van der Waals surface area contributed by atoms with Crippen molar-refractivity contribution in [2.24, 2.45) is 5.92 Å². The van der Waals surface area contributed by atoms with Crippen molar-refractivity contribution < 1.29 is 33.3 Å². The van der Waals surface area contributed by atoms with Crippen LogP contribution in [0.25, 0.3) is 22.3 Å². The van der Waals surface area contributed by atoms with Gasteiger partial charge in [-0.2, -0.15) is 11.8 Å². The van der Waals surface area contributed by atoms with Crippen molar-refractivity contribution in [3.8, 4) is 17.1 Å². The number of cyclic esters (lactones) is 1. The highest BCUT2D eigenvalue weighted by atomic mass is 32.2. The van der Waals surface area contributed by atoms with Crippen LogP contribution in [0.15, 0.2) is 29.1 Å². The Morgan fingerprint density at radius 1 is 1.13 bits per heavy atom. The number of benzene rings is 1. The van der Waals surface area contributed by atoms with Crippen molar-refractivity contribution in [1.29, 1.82) is 0 Å². The second-order valence-corrected chi connectivity index (χ2v) is 14.7. The predicted octanol–water partition coefficient (Wildman–Crippen LogP) is 6.04. The number of hydrogen-bond donors (Lipinski definition) is 0. The Balaban J connectivity index is 1.36. The van der Waals surface area contributed by atoms with E-state index in [4.69, 9.17) is 23.9 Å². The lowest BCUT2D eigenvalue weighted by atomic mass is 9.85. The maximum atomic E-state index is 13.9. The molecule has 1 saturated carbocycles. The lowest BCUT2D eigenvalue weighted by Gasteiger charge is -2.35. The van der Waals surface area contributed by atoms with Crippen LogP contribution in [0.3, 0.4) is 0 Å². The van der Waals surface area contributed by atoms with Gasteiger partial charge >= 0.3 is 18.1 Å². The zero-order valence-electron chi connectivity index (χ0n) is 26.3. The molecule has 0 spiro atoms. The van der Waals surface area contributed by atoms with Gasteiger partial charge in [0.1, 0.15) is 19.0 Å².